The standard InChI is InChI=1S/C14H21N3OS2/c1-13(2)9-4-5-14(13,3)10(6-9)16-11(18)7-19-12-17-15-8-20-12/h8-10H,4-7H2,1-3H3,(H,16,18). The minimum Gasteiger partial charge on any atom is -0.352 e. The van der Waals surface area contributed by atoms with Crippen LogP contribution in [0.3, 0.4) is 0 Å². The molecule has 1 aromatic rings. The van der Waals surface area contributed by atoms with Crippen molar-refractivity contribution >= 4 is 29.0 Å². The van der Waals surface area contributed by atoms with E-state index >= 15 is 0 Å². The van der Waals surface area contributed by atoms with Crippen LogP contribution in [0.4, 0.5) is 0 Å². The van der Waals surface area contributed by atoms with E-state index in [0.717, 1.165) is 16.7 Å². The Labute approximate surface area is 128 Å². The number of rotatable bonds is 4. The van der Waals surface area contributed by atoms with Gasteiger partial charge in [-0.05, 0) is 36.0 Å². The third-order valence-electron chi connectivity index (χ3n) is 5.80. The summed E-state index contributed by atoms with van der Waals surface area (Å²) in [5.41, 5.74) is 2.29. The predicted octanol–water partition coefficient (Wildman–Crippen LogP) is 2.96. The smallest absolute Gasteiger partial charge is 0.230 e. The molecular weight excluding hydrogens is 290 g/mol. The molecule has 2 fully saturated rings. The summed E-state index contributed by atoms with van der Waals surface area (Å²) in [6, 6.07) is 0.332. The molecule has 3 unspecified atom stereocenters. The van der Waals surface area contributed by atoms with Gasteiger partial charge in [-0.3, -0.25) is 4.79 Å². The summed E-state index contributed by atoms with van der Waals surface area (Å²) in [4.78, 5) is 12.1. The Balaban J connectivity index is 1.58. The molecule has 0 aliphatic heterocycles. The number of hydrogen-bond donors (Lipinski definition) is 1. The molecule has 1 N–H and O–H groups in total. The summed E-state index contributed by atoms with van der Waals surface area (Å²) in [6.45, 7) is 7.09. The maximum atomic E-state index is 12.1. The van der Waals surface area contributed by atoms with E-state index in [4.69, 9.17) is 0 Å². The Morgan fingerprint density at radius 3 is 2.90 bits per heavy atom. The highest BCUT2D eigenvalue weighted by Gasteiger charge is 2.61. The topological polar surface area (TPSA) is 54.9 Å². The van der Waals surface area contributed by atoms with Gasteiger partial charge in [0.25, 0.3) is 0 Å². The quantitative estimate of drug-likeness (QED) is 0.869. The third kappa shape index (κ3) is 2.17. The minimum atomic E-state index is 0.125. The van der Waals surface area contributed by atoms with Crippen LogP contribution in [0.1, 0.15) is 40.0 Å². The molecule has 1 heterocycles. The number of aromatic nitrogens is 2. The first-order chi connectivity index (χ1) is 9.43. The number of nitrogens with one attached hydrogen (secondary N) is 1. The van der Waals surface area contributed by atoms with Gasteiger partial charge < -0.3 is 5.32 Å². The van der Waals surface area contributed by atoms with E-state index in [1.54, 1.807) is 5.51 Å². The fourth-order valence-corrected chi connectivity index (χ4v) is 5.31. The Kier molecular flexibility index (Phi) is 3.57. The molecule has 2 aliphatic carbocycles. The highest BCUT2D eigenvalue weighted by atomic mass is 32.2. The second-order valence-corrected chi connectivity index (χ2v) is 8.78. The van der Waals surface area contributed by atoms with Crippen LogP contribution in [-0.2, 0) is 4.79 Å². The summed E-state index contributed by atoms with van der Waals surface area (Å²) in [5.74, 6) is 1.32. The SMILES string of the molecule is CC1(C)C2CCC1(C)C(NC(=O)CSc1nncs1)C2. The van der Waals surface area contributed by atoms with Crippen LogP contribution < -0.4 is 5.32 Å². The number of nitrogens with zero attached hydrogens (tertiary/aromatic N) is 2. The van der Waals surface area contributed by atoms with Crippen molar-refractivity contribution in [2.24, 2.45) is 16.7 Å². The van der Waals surface area contributed by atoms with E-state index in [1.165, 1.54) is 35.9 Å². The first-order valence-electron chi connectivity index (χ1n) is 7.12. The number of fused-ring (bicyclic) bond motifs is 2. The van der Waals surface area contributed by atoms with Gasteiger partial charge in [-0.2, -0.15) is 0 Å². The highest BCUT2D eigenvalue weighted by Crippen LogP contribution is 2.65. The normalized spacial score (nSPS) is 34.4. The molecule has 0 spiro atoms. The number of hydrogen-bond acceptors (Lipinski definition) is 5. The van der Waals surface area contributed by atoms with Gasteiger partial charge >= 0.3 is 0 Å². The molecule has 110 valence electrons. The lowest BCUT2D eigenvalue weighted by molar-refractivity contribution is -0.120. The second kappa shape index (κ2) is 4.98. The van der Waals surface area contributed by atoms with Gasteiger partial charge in [0.05, 0.1) is 5.75 Å². The zero-order valence-electron chi connectivity index (χ0n) is 12.2. The number of thioether (sulfide) groups is 1. The monoisotopic (exact) mass is 311 g/mol. The van der Waals surface area contributed by atoms with E-state index in [9.17, 15) is 4.79 Å². The van der Waals surface area contributed by atoms with Gasteiger partial charge in [0.2, 0.25) is 5.91 Å². The summed E-state index contributed by atoms with van der Waals surface area (Å²) < 4.78 is 0.861. The Morgan fingerprint density at radius 2 is 2.35 bits per heavy atom. The molecule has 3 rings (SSSR count). The van der Waals surface area contributed by atoms with Crippen molar-refractivity contribution < 1.29 is 4.79 Å². The van der Waals surface area contributed by atoms with Crippen LogP contribution in [-0.4, -0.2) is 27.9 Å². The van der Waals surface area contributed by atoms with E-state index in [1.807, 2.05) is 0 Å². The Bertz CT molecular complexity index is 503. The third-order valence-corrected chi connectivity index (χ3v) is 7.66. The van der Waals surface area contributed by atoms with Gasteiger partial charge in [0.15, 0.2) is 4.34 Å². The van der Waals surface area contributed by atoms with Gasteiger partial charge in [0.1, 0.15) is 5.51 Å². The average molecular weight is 311 g/mol. The van der Waals surface area contributed by atoms with Gasteiger partial charge in [-0.15, -0.1) is 10.2 Å². The fourth-order valence-electron chi connectivity index (χ4n) is 4.01. The number of amides is 1. The average Bonchev–Trinajstić information content (AvgIpc) is 3.02. The molecule has 0 aromatic carbocycles. The number of carbonyl (C=O) groups excluding carboxylic acids is 1. The Morgan fingerprint density at radius 1 is 1.55 bits per heavy atom. The number of carbonyl (C=O) groups is 1. The molecule has 2 bridgehead atoms. The first-order valence-corrected chi connectivity index (χ1v) is 8.98. The van der Waals surface area contributed by atoms with E-state index in [2.05, 4.69) is 36.3 Å². The van der Waals surface area contributed by atoms with Crippen LogP contribution in [0.2, 0.25) is 0 Å². The van der Waals surface area contributed by atoms with Crippen LogP contribution in [0.5, 0.6) is 0 Å². The maximum Gasteiger partial charge on any atom is 0.230 e. The molecule has 2 aliphatic rings. The van der Waals surface area contributed by atoms with Crippen LogP contribution >= 0.6 is 23.1 Å². The van der Waals surface area contributed by atoms with Crippen molar-refractivity contribution in [2.75, 3.05) is 5.75 Å². The van der Waals surface area contributed by atoms with Gasteiger partial charge in [0, 0.05) is 6.04 Å². The lowest BCUT2D eigenvalue weighted by atomic mass is 9.69. The van der Waals surface area contributed by atoms with Crippen molar-refractivity contribution in [3.8, 4) is 0 Å². The second-order valence-electron chi connectivity index (χ2n) is 6.72. The van der Waals surface area contributed by atoms with Crippen molar-refractivity contribution in [3.05, 3.63) is 5.51 Å². The molecule has 6 heteroatoms. The molecule has 1 aromatic heterocycles. The molecule has 2 saturated carbocycles. The maximum absolute atomic E-state index is 12.1. The minimum absolute atomic E-state index is 0.125. The molecule has 0 radical (unpaired) electrons. The zero-order chi connectivity index (χ0) is 14.4. The summed E-state index contributed by atoms with van der Waals surface area (Å²) in [6.07, 6.45) is 3.69. The van der Waals surface area contributed by atoms with Gasteiger partial charge in [-0.1, -0.05) is 43.9 Å². The largest absolute Gasteiger partial charge is 0.352 e. The van der Waals surface area contributed by atoms with Crippen LogP contribution in [0, 0.1) is 16.7 Å². The molecule has 3 atom stereocenters. The van der Waals surface area contributed by atoms with Crippen LogP contribution in [0.25, 0.3) is 0 Å². The summed E-state index contributed by atoms with van der Waals surface area (Å²) >= 11 is 2.95. The van der Waals surface area contributed by atoms with Gasteiger partial charge in [-0.25, -0.2) is 0 Å². The van der Waals surface area contributed by atoms with E-state index in [0.29, 0.717) is 17.2 Å². The van der Waals surface area contributed by atoms with E-state index < -0.39 is 0 Å². The highest BCUT2D eigenvalue weighted by molar-refractivity contribution is 8.01. The summed E-state index contributed by atoms with van der Waals surface area (Å²) in [7, 11) is 0. The van der Waals surface area contributed by atoms with E-state index in [-0.39, 0.29) is 11.3 Å². The zero-order valence-corrected chi connectivity index (χ0v) is 13.8. The van der Waals surface area contributed by atoms with Crippen molar-refractivity contribution in [1.29, 1.82) is 0 Å². The van der Waals surface area contributed by atoms with Crippen molar-refractivity contribution in [2.45, 2.75) is 50.4 Å². The summed E-state index contributed by atoms with van der Waals surface area (Å²) in [5, 5.41) is 11.0. The molecule has 0 saturated heterocycles. The molecular formula is C14H21N3OS2. The predicted molar refractivity (Wildman–Crippen MR) is 81.8 cm³/mol. The van der Waals surface area contributed by atoms with Crippen molar-refractivity contribution in [1.82, 2.24) is 15.5 Å². The lowest BCUT2D eigenvalue weighted by Crippen LogP contribution is -2.47. The fraction of sp³-hybridized carbons (Fsp3) is 0.786. The first kappa shape index (κ1) is 14.3. The molecule has 4 nitrogen and oxygen atoms in total. The molecule has 20 heavy (non-hydrogen) atoms. The lowest BCUT2D eigenvalue weighted by Gasteiger charge is -2.39. The Hall–Kier alpha value is -0.620. The van der Waals surface area contributed by atoms with Crippen molar-refractivity contribution in [3.63, 3.8) is 0 Å². The van der Waals surface area contributed by atoms with Crippen LogP contribution in [0.15, 0.2) is 9.85 Å². The molecule has 1 amide bonds.